The highest BCUT2D eigenvalue weighted by Gasteiger charge is 2.21. The molecular formula is C20H24N6OS. The molecule has 0 saturated carbocycles. The van der Waals surface area contributed by atoms with Crippen molar-refractivity contribution in [3.05, 3.63) is 65.0 Å². The second kappa shape index (κ2) is 9.36. The zero-order valence-electron chi connectivity index (χ0n) is 15.7. The number of hydrogen-bond donors (Lipinski definition) is 1. The molecule has 3 aromatic heterocycles. The summed E-state index contributed by atoms with van der Waals surface area (Å²) in [7, 11) is 0. The van der Waals surface area contributed by atoms with Crippen molar-refractivity contribution >= 4 is 23.2 Å². The molecule has 3 aromatic rings. The number of thiophene rings is 1. The van der Waals surface area contributed by atoms with E-state index in [1.54, 1.807) is 30.0 Å². The lowest BCUT2D eigenvalue weighted by Gasteiger charge is -2.36. The van der Waals surface area contributed by atoms with E-state index in [1.165, 1.54) is 4.88 Å². The molecule has 8 heteroatoms. The van der Waals surface area contributed by atoms with E-state index in [0.717, 1.165) is 56.8 Å². The molecule has 0 radical (unpaired) electrons. The highest BCUT2D eigenvalue weighted by Crippen LogP contribution is 2.12. The van der Waals surface area contributed by atoms with Crippen molar-refractivity contribution < 1.29 is 4.42 Å². The normalized spacial score (nSPS) is 15.1. The van der Waals surface area contributed by atoms with Crippen LogP contribution < -0.4 is 10.2 Å². The van der Waals surface area contributed by atoms with Gasteiger partial charge in [0.1, 0.15) is 5.76 Å². The molecule has 28 heavy (non-hydrogen) atoms. The number of furan rings is 1. The van der Waals surface area contributed by atoms with Gasteiger partial charge in [-0.3, -0.25) is 0 Å². The topological polar surface area (TPSA) is 69.8 Å². The number of nitrogens with one attached hydrogen (secondary N) is 1. The van der Waals surface area contributed by atoms with Gasteiger partial charge in [0.25, 0.3) is 0 Å². The van der Waals surface area contributed by atoms with Gasteiger partial charge in [-0.25, -0.2) is 15.0 Å². The van der Waals surface area contributed by atoms with E-state index in [1.807, 2.05) is 18.2 Å². The van der Waals surface area contributed by atoms with Gasteiger partial charge in [-0.2, -0.15) is 0 Å². The number of nitrogens with zero attached hydrogens (tertiary/aromatic N) is 5. The highest BCUT2D eigenvalue weighted by molar-refractivity contribution is 7.09. The van der Waals surface area contributed by atoms with Crippen molar-refractivity contribution in [2.75, 3.05) is 37.6 Å². The lowest BCUT2D eigenvalue weighted by molar-refractivity contribution is 0.368. The minimum atomic E-state index is 0.697. The van der Waals surface area contributed by atoms with Gasteiger partial charge in [0.15, 0.2) is 5.96 Å². The van der Waals surface area contributed by atoms with Crippen LogP contribution in [0.25, 0.3) is 0 Å². The predicted molar refractivity (Wildman–Crippen MR) is 112 cm³/mol. The van der Waals surface area contributed by atoms with Crippen LogP contribution in [-0.2, 0) is 13.0 Å². The first kappa shape index (κ1) is 18.5. The van der Waals surface area contributed by atoms with Crippen LogP contribution in [-0.4, -0.2) is 53.6 Å². The van der Waals surface area contributed by atoms with Crippen LogP contribution in [0.2, 0.25) is 0 Å². The molecule has 4 heterocycles. The van der Waals surface area contributed by atoms with Crippen LogP contribution in [0.3, 0.4) is 0 Å². The molecule has 0 bridgehead atoms. The Kier molecular flexibility index (Phi) is 6.18. The largest absolute Gasteiger partial charge is 0.469 e. The first-order chi connectivity index (χ1) is 13.9. The maximum Gasteiger partial charge on any atom is 0.225 e. The molecule has 146 valence electrons. The Balaban J connectivity index is 1.37. The van der Waals surface area contributed by atoms with Gasteiger partial charge < -0.3 is 19.5 Å². The van der Waals surface area contributed by atoms with E-state index in [2.05, 4.69) is 42.6 Å². The molecule has 1 fully saturated rings. The molecule has 0 atom stereocenters. The van der Waals surface area contributed by atoms with Crippen LogP contribution in [0.5, 0.6) is 0 Å². The Hall–Kier alpha value is -2.87. The highest BCUT2D eigenvalue weighted by atomic mass is 32.1. The number of aliphatic imine (C=N–C) groups is 1. The van der Waals surface area contributed by atoms with E-state index in [-0.39, 0.29) is 0 Å². The van der Waals surface area contributed by atoms with Gasteiger partial charge in [0.2, 0.25) is 5.95 Å². The molecular weight excluding hydrogens is 372 g/mol. The third-order valence-electron chi connectivity index (χ3n) is 4.61. The fraction of sp³-hybridized carbons (Fsp3) is 0.350. The molecule has 1 aliphatic heterocycles. The van der Waals surface area contributed by atoms with E-state index < -0.39 is 0 Å². The fourth-order valence-electron chi connectivity index (χ4n) is 3.15. The smallest absolute Gasteiger partial charge is 0.225 e. The van der Waals surface area contributed by atoms with Crippen molar-refractivity contribution in [3.8, 4) is 0 Å². The van der Waals surface area contributed by atoms with E-state index in [0.29, 0.717) is 6.54 Å². The van der Waals surface area contributed by atoms with Crippen molar-refractivity contribution in [2.45, 2.75) is 13.0 Å². The number of hydrogen-bond acceptors (Lipinski definition) is 6. The average Bonchev–Trinajstić information content (AvgIpc) is 3.46. The van der Waals surface area contributed by atoms with Gasteiger partial charge in [-0.1, -0.05) is 6.07 Å². The molecule has 0 spiro atoms. The van der Waals surface area contributed by atoms with Crippen molar-refractivity contribution in [3.63, 3.8) is 0 Å². The SMILES string of the molecule is c1cnc(N2CCN(C(=NCc3cccs3)NCCc3ccco3)CC2)nc1. The van der Waals surface area contributed by atoms with Gasteiger partial charge in [-0.15, -0.1) is 11.3 Å². The van der Waals surface area contributed by atoms with E-state index in [9.17, 15) is 0 Å². The maximum atomic E-state index is 5.43. The van der Waals surface area contributed by atoms with E-state index >= 15 is 0 Å². The van der Waals surface area contributed by atoms with Crippen LogP contribution in [0.15, 0.2) is 63.8 Å². The molecule has 0 unspecified atom stereocenters. The summed E-state index contributed by atoms with van der Waals surface area (Å²) < 4.78 is 5.43. The third kappa shape index (κ3) is 4.89. The molecule has 0 amide bonds. The summed E-state index contributed by atoms with van der Waals surface area (Å²) in [5, 5.41) is 5.61. The van der Waals surface area contributed by atoms with Gasteiger partial charge in [-0.05, 0) is 29.6 Å². The fourth-order valence-corrected chi connectivity index (χ4v) is 3.78. The zero-order chi connectivity index (χ0) is 19.0. The molecule has 0 aromatic carbocycles. The molecule has 1 aliphatic rings. The summed E-state index contributed by atoms with van der Waals surface area (Å²) in [5.74, 6) is 2.73. The van der Waals surface area contributed by atoms with Crippen molar-refractivity contribution in [1.29, 1.82) is 0 Å². The second-order valence-electron chi connectivity index (χ2n) is 6.50. The summed E-state index contributed by atoms with van der Waals surface area (Å²) in [6.45, 7) is 5.01. The third-order valence-corrected chi connectivity index (χ3v) is 5.47. The molecule has 7 nitrogen and oxygen atoms in total. The molecule has 4 rings (SSSR count). The molecule has 1 saturated heterocycles. The summed E-state index contributed by atoms with van der Waals surface area (Å²) in [6, 6.07) is 9.96. The zero-order valence-corrected chi connectivity index (χ0v) is 16.5. The minimum Gasteiger partial charge on any atom is -0.469 e. The standard InChI is InChI=1S/C20H24N6OS/c1-4-17(27-14-1)6-9-23-20(24-16-18-5-2-15-28-18)26-12-10-25(11-13-26)19-21-7-3-8-22-19/h1-5,7-8,14-15H,6,9-13,16H2,(H,23,24). The van der Waals surface area contributed by atoms with Crippen LogP contribution in [0.4, 0.5) is 5.95 Å². The Bertz CT molecular complexity index is 842. The first-order valence-corrected chi connectivity index (χ1v) is 10.4. The van der Waals surface area contributed by atoms with Gasteiger partial charge >= 0.3 is 0 Å². The summed E-state index contributed by atoms with van der Waals surface area (Å²) in [5.41, 5.74) is 0. The number of anilines is 1. The van der Waals surface area contributed by atoms with Crippen LogP contribution in [0, 0.1) is 0 Å². The Morgan fingerprint density at radius 2 is 1.96 bits per heavy atom. The summed E-state index contributed by atoms with van der Waals surface area (Å²) in [6.07, 6.45) is 6.13. The van der Waals surface area contributed by atoms with Crippen molar-refractivity contribution in [1.82, 2.24) is 20.2 Å². The molecule has 0 aliphatic carbocycles. The number of piperazine rings is 1. The Morgan fingerprint density at radius 1 is 1.11 bits per heavy atom. The number of guanidine groups is 1. The van der Waals surface area contributed by atoms with Crippen LogP contribution in [0.1, 0.15) is 10.6 Å². The first-order valence-electron chi connectivity index (χ1n) is 9.48. The maximum absolute atomic E-state index is 5.43. The molecule has 1 N–H and O–H groups in total. The average molecular weight is 397 g/mol. The van der Waals surface area contributed by atoms with Crippen LogP contribution >= 0.6 is 11.3 Å². The monoisotopic (exact) mass is 396 g/mol. The second-order valence-corrected chi connectivity index (χ2v) is 7.53. The summed E-state index contributed by atoms with van der Waals surface area (Å²) >= 11 is 1.74. The quantitative estimate of drug-likeness (QED) is 0.510. The minimum absolute atomic E-state index is 0.697. The predicted octanol–water partition coefficient (Wildman–Crippen LogP) is 2.64. The number of rotatable bonds is 6. The van der Waals surface area contributed by atoms with E-state index in [4.69, 9.17) is 9.41 Å². The lowest BCUT2D eigenvalue weighted by Crippen LogP contribution is -2.53. The number of aromatic nitrogens is 2. The van der Waals surface area contributed by atoms with Gasteiger partial charge in [0.05, 0.1) is 12.8 Å². The van der Waals surface area contributed by atoms with Crippen molar-refractivity contribution in [2.24, 2.45) is 4.99 Å². The Labute approximate surface area is 168 Å². The Morgan fingerprint density at radius 3 is 2.68 bits per heavy atom. The summed E-state index contributed by atoms with van der Waals surface area (Å²) in [4.78, 5) is 19.4. The lowest BCUT2D eigenvalue weighted by atomic mass is 10.3. The van der Waals surface area contributed by atoms with Gasteiger partial charge in [0, 0.05) is 56.4 Å².